The van der Waals surface area contributed by atoms with Crippen molar-refractivity contribution in [2.75, 3.05) is 0 Å². The average molecular weight is 277 g/mol. The van der Waals surface area contributed by atoms with E-state index < -0.39 is 0 Å². The normalized spacial score (nSPS) is 11.6. The van der Waals surface area contributed by atoms with Gasteiger partial charge in [0.05, 0.1) is 11.6 Å². The number of Topliss-reactive ketones (excluding diaryl/α,β-unsaturated/α-hetero) is 1. The van der Waals surface area contributed by atoms with Crippen molar-refractivity contribution >= 4 is 5.78 Å². The van der Waals surface area contributed by atoms with Crippen LogP contribution < -0.4 is 0 Å². The molecule has 21 heavy (non-hydrogen) atoms. The maximum atomic E-state index is 12.2. The molecular weight excluding hydrogens is 258 g/mol. The second-order valence-electron chi connectivity index (χ2n) is 5.13. The number of rotatable bonds is 6. The molecule has 2 aromatic rings. The zero-order chi connectivity index (χ0) is 15.1. The fourth-order valence-corrected chi connectivity index (χ4v) is 2.50. The second kappa shape index (κ2) is 7.40. The van der Waals surface area contributed by atoms with Crippen molar-refractivity contribution in [2.24, 2.45) is 0 Å². The lowest BCUT2D eigenvalue weighted by Crippen LogP contribution is -2.12. The van der Waals surface area contributed by atoms with Gasteiger partial charge < -0.3 is 0 Å². The highest BCUT2D eigenvalue weighted by Gasteiger charge is 2.18. The van der Waals surface area contributed by atoms with Crippen molar-refractivity contribution in [2.45, 2.75) is 32.1 Å². The highest BCUT2D eigenvalue weighted by Crippen LogP contribution is 2.24. The van der Waals surface area contributed by atoms with Crippen molar-refractivity contribution in [3.8, 4) is 6.07 Å². The molecule has 1 atom stereocenters. The Morgan fingerprint density at radius 2 is 1.76 bits per heavy atom. The highest BCUT2D eigenvalue weighted by atomic mass is 16.1. The molecule has 0 aliphatic rings. The molecule has 0 fully saturated rings. The van der Waals surface area contributed by atoms with Crippen LogP contribution in [-0.2, 0) is 11.2 Å². The molecule has 2 aromatic carbocycles. The molecule has 0 radical (unpaired) electrons. The fourth-order valence-electron chi connectivity index (χ4n) is 2.50. The minimum Gasteiger partial charge on any atom is -0.299 e. The van der Waals surface area contributed by atoms with Crippen LogP contribution in [0.2, 0.25) is 0 Å². The van der Waals surface area contributed by atoms with Gasteiger partial charge in [0.2, 0.25) is 0 Å². The van der Waals surface area contributed by atoms with E-state index in [0.29, 0.717) is 12.0 Å². The van der Waals surface area contributed by atoms with Gasteiger partial charge in [0.15, 0.2) is 0 Å². The predicted octanol–water partition coefficient (Wildman–Crippen LogP) is 4.25. The highest BCUT2D eigenvalue weighted by molar-refractivity contribution is 5.85. The van der Waals surface area contributed by atoms with Gasteiger partial charge >= 0.3 is 0 Å². The number of nitrogens with zero attached hydrogens (tertiary/aromatic N) is 1. The lowest BCUT2D eigenvalue weighted by Gasteiger charge is -2.15. The quantitative estimate of drug-likeness (QED) is 0.791. The Morgan fingerprint density at radius 1 is 1.10 bits per heavy atom. The molecule has 2 heteroatoms. The van der Waals surface area contributed by atoms with Crippen LogP contribution in [0.4, 0.5) is 0 Å². The molecule has 0 aromatic heterocycles. The molecule has 0 amide bonds. The van der Waals surface area contributed by atoms with Crippen LogP contribution in [-0.4, -0.2) is 5.78 Å². The molecule has 1 unspecified atom stereocenters. The van der Waals surface area contributed by atoms with Gasteiger partial charge in [-0.25, -0.2) is 0 Å². The Hall–Kier alpha value is -2.40. The van der Waals surface area contributed by atoms with E-state index in [4.69, 9.17) is 5.26 Å². The van der Waals surface area contributed by atoms with Crippen LogP contribution in [0.5, 0.6) is 0 Å². The van der Waals surface area contributed by atoms with Crippen molar-refractivity contribution in [3.63, 3.8) is 0 Å². The molecule has 0 saturated carbocycles. The third kappa shape index (κ3) is 4.03. The fraction of sp³-hybridized carbons (Fsp3) is 0.263. The van der Waals surface area contributed by atoms with Crippen LogP contribution >= 0.6 is 0 Å². The third-order valence-electron chi connectivity index (χ3n) is 3.74. The summed E-state index contributed by atoms with van der Waals surface area (Å²) in [5, 5.41) is 8.81. The first kappa shape index (κ1) is 15.0. The van der Waals surface area contributed by atoms with E-state index in [1.165, 1.54) is 5.56 Å². The van der Waals surface area contributed by atoms with Gasteiger partial charge in [-0.3, -0.25) is 4.79 Å². The molecule has 0 spiro atoms. The summed E-state index contributed by atoms with van der Waals surface area (Å²) >= 11 is 0. The van der Waals surface area contributed by atoms with E-state index in [0.717, 1.165) is 18.4 Å². The summed E-state index contributed by atoms with van der Waals surface area (Å²) in [6.07, 6.45) is 2.21. The molecule has 0 N–H and O–H groups in total. The van der Waals surface area contributed by atoms with Gasteiger partial charge in [-0.2, -0.15) is 5.26 Å². The van der Waals surface area contributed by atoms with Gasteiger partial charge in [-0.05, 0) is 36.1 Å². The van der Waals surface area contributed by atoms with Crippen LogP contribution in [0.25, 0.3) is 0 Å². The van der Waals surface area contributed by atoms with E-state index in [-0.39, 0.29) is 11.7 Å². The van der Waals surface area contributed by atoms with E-state index >= 15 is 0 Å². The average Bonchev–Trinajstić information content (AvgIpc) is 2.56. The molecule has 106 valence electrons. The van der Waals surface area contributed by atoms with Crippen LogP contribution in [0.15, 0.2) is 54.6 Å². The maximum Gasteiger partial charge on any atom is 0.140 e. The van der Waals surface area contributed by atoms with Crippen molar-refractivity contribution < 1.29 is 4.79 Å². The Kier molecular flexibility index (Phi) is 5.29. The predicted molar refractivity (Wildman–Crippen MR) is 84.0 cm³/mol. The zero-order valence-electron chi connectivity index (χ0n) is 12.3. The zero-order valence-corrected chi connectivity index (χ0v) is 12.3. The standard InChI is InChI=1S/C19H19NO/c1-2-19(21)18(17-6-4-3-5-7-17)13-12-15-8-10-16(14-20)11-9-15/h3-11,18H,2,12-13H2,1H3. The van der Waals surface area contributed by atoms with Crippen molar-refractivity contribution in [1.82, 2.24) is 0 Å². The third-order valence-corrected chi connectivity index (χ3v) is 3.74. The van der Waals surface area contributed by atoms with Gasteiger partial charge in [-0.15, -0.1) is 0 Å². The van der Waals surface area contributed by atoms with Gasteiger partial charge in [0, 0.05) is 12.3 Å². The molecule has 0 bridgehead atoms. The van der Waals surface area contributed by atoms with Crippen LogP contribution in [0.1, 0.15) is 42.4 Å². The van der Waals surface area contributed by atoms with E-state index in [9.17, 15) is 4.79 Å². The molecule has 0 saturated heterocycles. The van der Waals surface area contributed by atoms with E-state index in [1.54, 1.807) is 0 Å². The number of hydrogen-bond acceptors (Lipinski definition) is 2. The summed E-state index contributed by atoms with van der Waals surface area (Å²) in [5.74, 6) is 0.252. The number of carbonyl (C=O) groups is 1. The minimum atomic E-state index is -0.0353. The van der Waals surface area contributed by atoms with Gasteiger partial charge in [0.25, 0.3) is 0 Å². The minimum absolute atomic E-state index is 0.0353. The molecule has 0 aliphatic carbocycles. The van der Waals surface area contributed by atoms with Crippen LogP contribution in [0, 0.1) is 11.3 Å². The summed E-state index contributed by atoms with van der Waals surface area (Å²) < 4.78 is 0. The number of aryl methyl sites for hydroxylation is 1. The summed E-state index contributed by atoms with van der Waals surface area (Å²) in [5.41, 5.74) is 2.93. The summed E-state index contributed by atoms with van der Waals surface area (Å²) in [6, 6.07) is 19.7. The number of hydrogen-bond donors (Lipinski definition) is 0. The Balaban J connectivity index is 2.09. The van der Waals surface area contributed by atoms with E-state index in [2.05, 4.69) is 6.07 Å². The largest absolute Gasteiger partial charge is 0.299 e. The summed E-state index contributed by atoms with van der Waals surface area (Å²) in [6.45, 7) is 1.92. The topological polar surface area (TPSA) is 40.9 Å². The summed E-state index contributed by atoms with van der Waals surface area (Å²) in [7, 11) is 0. The van der Waals surface area contributed by atoms with Crippen molar-refractivity contribution in [3.05, 3.63) is 71.3 Å². The number of benzene rings is 2. The molecule has 2 rings (SSSR count). The second-order valence-corrected chi connectivity index (χ2v) is 5.13. The Bertz CT molecular complexity index is 623. The first-order valence-electron chi connectivity index (χ1n) is 7.31. The van der Waals surface area contributed by atoms with E-state index in [1.807, 2.05) is 61.5 Å². The maximum absolute atomic E-state index is 12.2. The van der Waals surface area contributed by atoms with Gasteiger partial charge in [-0.1, -0.05) is 49.4 Å². The smallest absolute Gasteiger partial charge is 0.140 e. The lowest BCUT2D eigenvalue weighted by atomic mass is 9.88. The molecular formula is C19H19NO. The molecule has 0 aliphatic heterocycles. The van der Waals surface area contributed by atoms with Crippen molar-refractivity contribution in [1.29, 1.82) is 5.26 Å². The number of ketones is 1. The SMILES string of the molecule is CCC(=O)C(CCc1ccc(C#N)cc1)c1ccccc1. The Morgan fingerprint density at radius 3 is 2.33 bits per heavy atom. The lowest BCUT2D eigenvalue weighted by molar-refractivity contribution is -0.120. The molecule has 0 heterocycles. The first-order valence-corrected chi connectivity index (χ1v) is 7.31. The number of carbonyl (C=O) groups excluding carboxylic acids is 1. The monoisotopic (exact) mass is 277 g/mol. The number of nitriles is 1. The van der Waals surface area contributed by atoms with Crippen LogP contribution in [0.3, 0.4) is 0 Å². The Labute approximate surface area is 126 Å². The summed E-state index contributed by atoms with van der Waals surface area (Å²) in [4.78, 5) is 12.2. The molecule has 2 nitrogen and oxygen atoms in total. The van der Waals surface area contributed by atoms with Gasteiger partial charge in [0.1, 0.15) is 5.78 Å². The first-order chi connectivity index (χ1) is 10.2.